The maximum atomic E-state index is 10.6. The number of allylic oxidation sites excluding steroid dienone is 1. The molecule has 10 heteroatoms. The van der Waals surface area contributed by atoms with E-state index in [1.165, 1.54) is 6.26 Å². The molecule has 0 atom stereocenters. The van der Waals surface area contributed by atoms with Gasteiger partial charge in [-0.1, -0.05) is 0 Å². The van der Waals surface area contributed by atoms with Crippen LogP contribution in [0, 0.1) is 0 Å². The molecule has 25 heavy (non-hydrogen) atoms. The molecule has 2 N–H and O–H groups in total. The van der Waals surface area contributed by atoms with Gasteiger partial charge in [-0.2, -0.15) is 0 Å². The average molecular weight is 424 g/mol. The largest absolute Gasteiger partial charge is 0.469 e. The lowest BCUT2D eigenvalue weighted by molar-refractivity contribution is 0.196. The third kappa shape index (κ3) is 14.6. The highest BCUT2D eigenvalue weighted by molar-refractivity contribution is 6.90. The Morgan fingerprint density at radius 3 is 1.56 bits per heavy atom. The van der Waals surface area contributed by atoms with Crippen molar-refractivity contribution in [2.45, 2.75) is 77.8 Å². The molecule has 1 amide bonds. The van der Waals surface area contributed by atoms with E-state index in [0.717, 1.165) is 18.9 Å². The number of hydrogen-bond donors (Lipinski definition) is 1. The number of carbonyl (C=O) groups is 1. The summed E-state index contributed by atoms with van der Waals surface area (Å²) in [4.78, 5) is 10.6. The summed E-state index contributed by atoms with van der Waals surface area (Å²) in [6, 6.07) is 0.771. The molecule has 0 aromatic rings. The summed E-state index contributed by atoms with van der Waals surface area (Å²) in [6.07, 6.45) is 3.93. The van der Waals surface area contributed by atoms with E-state index < -0.39 is 39.8 Å². The van der Waals surface area contributed by atoms with Gasteiger partial charge in [-0.05, 0) is 77.8 Å². The molecular weight excluding hydrogens is 387 g/mol. The minimum absolute atomic E-state index is 0.751. The molecule has 0 aliphatic rings. The van der Waals surface area contributed by atoms with Crippen LogP contribution in [0.3, 0.4) is 0 Å². The third-order valence-electron chi connectivity index (χ3n) is 2.52. The fourth-order valence-electron chi connectivity index (χ4n) is 2.23. The van der Waals surface area contributed by atoms with Crippen LogP contribution in [-0.2, 0) is 17.1 Å². The molecule has 0 bridgehead atoms. The van der Waals surface area contributed by atoms with Crippen molar-refractivity contribution >= 4 is 39.8 Å². The Morgan fingerprint density at radius 2 is 1.24 bits per heavy atom. The summed E-state index contributed by atoms with van der Waals surface area (Å²) in [7, 11) is -8.26. The van der Waals surface area contributed by atoms with Gasteiger partial charge in [0.1, 0.15) is 0 Å². The molecule has 148 valence electrons. The molecular formula is C15H37NO5Si4. The second kappa shape index (κ2) is 9.62. The molecule has 0 aliphatic carbocycles. The second-order valence-corrected chi connectivity index (χ2v) is 26.0. The van der Waals surface area contributed by atoms with E-state index in [1.807, 2.05) is 0 Å². The average Bonchev–Trinajstić information content (AvgIpc) is 2.25. The number of amides is 1. The van der Waals surface area contributed by atoms with E-state index in [0.29, 0.717) is 0 Å². The lowest BCUT2D eigenvalue weighted by Crippen LogP contribution is -2.60. The van der Waals surface area contributed by atoms with Gasteiger partial charge >= 0.3 is 14.9 Å². The quantitative estimate of drug-likeness (QED) is 0.291. The summed E-state index contributed by atoms with van der Waals surface area (Å²) in [5.41, 5.74) is 4.93. The molecule has 0 aliphatic heterocycles. The van der Waals surface area contributed by atoms with Gasteiger partial charge < -0.3 is 22.8 Å². The molecule has 0 aromatic heterocycles. The lowest BCUT2D eigenvalue weighted by Gasteiger charge is -2.42. The van der Waals surface area contributed by atoms with E-state index in [4.69, 9.17) is 18.1 Å². The first-order valence-electron chi connectivity index (χ1n) is 8.75. The fraction of sp³-hybridized carbons (Fsp3) is 0.800. The van der Waals surface area contributed by atoms with Crippen molar-refractivity contribution in [3.05, 3.63) is 12.3 Å². The van der Waals surface area contributed by atoms with Crippen molar-refractivity contribution in [1.29, 1.82) is 0 Å². The van der Waals surface area contributed by atoms with Crippen LogP contribution in [0.15, 0.2) is 12.3 Å². The predicted molar refractivity (Wildman–Crippen MR) is 113 cm³/mol. The van der Waals surface area contributed by atoms with Crippen molar-refractivity contribution in [2.75, 3.05) is 0 Å². The first-order chi connectivity index (χ1) is 11.0. The zero-order chi connectivity index (χ0) is 19.9. The van der Waals surface area contributed by atoms with Gasteiger partial charge in [0, 0.05) is 6.04 Å². The van der Waals surface area contributed by atoms with E-state index in [1.54, 1.807) is 6.08 Å². The normalized spacial score (nSPS) is 14.1. The van der Waals surface area contributed by atoms with Crippen LogP contribution < -0.4 is 5.73 Å². The Balaban J connectivity index is 5.23. The molecule has 0 heterocycles. The molecule has 0 saturated heterocycles. The van der Waals surface area contributed by atoms with Crippen LogP contribution in [0.2, 0.25) is 65.0 Å². The maximum Gasteiger partial charge on any atom is 0.469 e. The minimum Gasteiger partial charge on any atom is -0.419 e. The lowest BCUT2D eigenvalue weighted by atomic mass is 10.3. The molecule has 0 unspecified atom stereocenters. The van der Waals surface area contributed by atoms with Gasteiger partial charge in [0.05, 0.1) is 6.26 Å². The summed E-state index contributed by atoms with van der Waals surface area (Å²) in [6.45, 7) is 19.6. The number of carbonyl (C=O) groups excluding carboxylic acids is 1. The number of rotatable bonds is 11. The molecule has 0 radical (unpaired) electrons. The molecule has 0 saturated carbocycles. The van der Waals surface area contributed by atoms with Crippen molar-refractivity contribution in [2.24, 2.45) is 5.73 Å². The summed E-state index contributed by atoms with van der Waals surface area (Å²) in [5, 5.41) is 0. The molecule has 0 rings (SSSR count). The number of ether oxygens (including phenoxy) is 1. The number of nitrogens with two attached hydrogens (primary N) is 1. The van der Waals surface area contributed by atoms with E-state index in [2.05, 4.69) is 63.7 Å². The predicted octanol–water partition coefficient (Wildman–Crippen LogP) is 4.87. The zero-order valence-corrected chi connectivity index (χ0v) is 21.4. The van der Waals surface area contributed by atoms with E-state index in [9.17, 15) is 4.79 Å². The molecule has 0 fully saturated rings. The van der Waals surface area contributed by atoms with Gasteiger partial charge in [0.2, 0.25) is 0 Å². The topological polar surface area (TPSA) is 80.0 Å². The minimum atomic E-state index is -2.76. The van der Waals surface area contributed by atoms with Crippen LogP contribution >= 0.6 is 0 Å². The maximum absolute atomic E-state index is 10.6. The van der Waals surface area contributed by atoms with Gasteiger partial charge in [0.15, 0.2) is 25.0 Å². The van der Waals surface area contributed by atoms with Crippen LogP contribution in [0.25, 0.3) is 0 Å². The van der Waals surface area contributed by atoms with Gasteiger partial charge in [-0.3, -0.25) is 0 Å². The zero-order valence-electron chi connectivity index (χ0n) is 17.4. The van der Waals surface area contributed by atoms with Crippen LogP contribution in [-0.4, -0.2) is 39.8 Å². The molecule has 0 spiro atoms. The Morgan fingerprint density at radius 1 is 0.840 bits per heavy atom. The monoisotopic (exact) mass is 423 g/mol. The number of unbranched alkanes of at least 4 members (excludes halogenated alkanes) is 1. The van der Waals surface area contributed by atoms with Crippen molar-refractivity contribution in [3.8, 4) is 0 Å². The second-order valence-electron chi connectivity index (χ2n) is 9.03. The van der Waals surface area contributed by atoms with Crippen molar-refractivity contribution in [3.63, 3.8) is 0 Å². The van der Waals surface area contributed by atoms with Crippen molar-refractivity contribution < 1.29 is 21.9 Å². The standard InChI is InChI=1S/C15H37NO5Si4/c1-22(2,3)19-25(20-23(4,5)6,21-24(7,8)9)14-12-10-11-13-18-15(16)17/h11,13H,10,12,14H2,1-9H3,(H2,16,17). The SMILES string of the molecule is C[Si](C)(C)O[Si](CCCC=COC(N)=O)(O[Si](C)(C)C)O[Si](C)(C)C. The van der Waals surface area contributed by atoms with Crippen LogP contribution in [0.1, 0.15) is 12.8 Å². The van der Waals surface area contributed by atoms with Gasteiger partial charge in [0.25, 0.3) is 0 Å². The summed E-state index contributed by atoms with van der Waals surface area (Å²) < 4.78 is 24.4. The van der Waals surface area contributed by atoms with Gasteiger partial charge in [-0.15, -0.1) is 0 Å². The van der Waals surface area contributed by atoms with E-state index in [-0.39, 0.29) is 0 Å². The first kappa shape index (κ1) is 24.8. The Bertz CT molecular complexity index is 412. The highest BCUT2D eigenvalue weighted by atomic mass is 28.5. The number of primary amides is 1. The smallest absolute Gasteiger partial charge is 0.419 e. The molecule has 6 nitrogen and oxygen atoms in total. The van der Waals surface area contributed by atoms with Crippen LogP contribution in [0.4, 0.5) is 4.79 Å². The molecule has 0 aromatic carbocycles. The first-order valence-corrected chi connectivity index (χ1v) is 20.9. The number of hydrogen-bond acceptors (Lipinski definition) is 5. The summed E-state index contributed by atoms with van der Waals surface area (Å²) >= 11 is 0. The Labute approximate surface area is 157 Å². The third-order valence-corrected chi connectivity index (χ3v) is 14.6. The fourth-order valence-corrected chi connectivity index (χ4v) is 16.9. The van der Waals surface area contributed by atoms with Gasteiger partial charge in [-0.25, -0.2) is 4.79 Å². The van der Waals surface area contributed by atoms with Crippen LogP contribution in [0.5, 0.6) is 0 Å². The highest BCUT2D eigenvalue weighted by Gasteiger charge is 2.49. The van der Waals surface area contributed by atoms with E-state index >= 15 is 0 Å². The summed E-state index contributed by atoms with van der Waals surface area (Å²) in [5.74, 6) is 0. The highest BCUT2D eigenvalue weighted by Crippen LogP contribution is 2.30. The van der Waals surface area contributed by atoms with Crippen molar-refractivity contribution in [1.82, 2.24) is 0 Å². The Hall–Kier alpha value is -0.242. The Kier molecular flexibility index (Phi) is 9.53.